The SMILES string of the molecule is CN(C(=O)OC(C)(C)C)c1cccc(N2C(=O)Cc3c(N)ncnc32)c1. The highest BCUT2D eigenvalue weighted by Crippen LogP contribution is 2.36. The number of aromatic nitrogens is 2. The smallest absolute Gasteiger partial charge is 0.414 e. The third-order valence-electron chi connectivity index (χ3n) is 3.89. The van der Waals surface area contributed by atoms with Crippen LogP contribution in [0.1, 0.15) is 26.3 Å². The molecular weight excluding hydrogens is 334 g/mol. The van der Waals surface area contributed by atoms with Gasteiger partial charge in [0.2, 0.25) is 5.91 Å². The summed E-state index contributed by atoms with van der Waals surface area (Å²) in [5.74, 6) is 0.622. The Hall–Kier alpha value is -3.16. The van der Waals surface area contributed by atoms with Gasteiger partial charge < -0.3 is 10.5 Å². The fourth-order valence-electron chi connectivity index (χ4n) is 2.67. The Morgan fingerprint density at radius 3 is 2.73 bits per heavy atom. The Kier molecular flexibility index (Phi) is 4.27. The zero-order valence-electron chi connectivity index (χ0n) is 15.2. The lowest BCUT2D eigenvalue weighted by molar-refractivity contribution is -0.116. The zero-order chi connectivity index (χ0) is 19.1. The number of hydrogen-bond acceptors (Lipinski definition) is 6. The maximum atomic E-state index is 12.5. The molecule has 8 nitrogen and oxygen atoms in total. The highest BCUT2D eigenvalue weighted by atomic mass is 16.6. The monoisotopic (exact) mass is 355 g/mol. The molecule has 1 aromatic carbocycles. The standard InChI is InChI=1S/C18H21N5O3/c1-18(2,3)26-17(25)22(4)11-6-5-7-12(8-11)23-14(24)9-13-15(19)20-10-21-16(13)23/h5-8,10H,9H2,1-4H3,(H2,19,20,21). The van der Waals surface area contributed by atoms with Crippen LogP contribution in [0.25, 0.3) is 0 Å². The van der Waals surface area contributed by atoms with Gasteiger partial charge in [-0.2, -0.15) is 0 Å². The third kappa shape index (κ3) is 3.30. The molecule has 0 radical (unpaired) electrons. The number of carbonyl (C=O) groups excluding carboxylic acids is 2. The number of amides is 2. The third-order valence-corrected chi connectivity index (χ3v) is 3.89. The van der Waals surface area contributed by atoms with Crippen molar-refractivity contribution in [1.29, 1.82) is 0 Å². The summed E-state index contributed by atoms with van der Waals surface area (Å²) in [6, 6.07) is 7.04. The molecule has 2 amide bonds. The first kappa shape index (κ1) is 17.7. The van der Waals surface area contributed by atoms with Crippen molar-refractivity contribution < 1.29 is 14.3 Å². The van der Waals surface area contributed by atoms with E-state index in [0.717, 1.165) is 0 Å². The van der Waals surface area contributed by atoms with Gasteiger partial charge in [0.15, 0.2) is 0 Å². The lowest BCUT2D eigenvalue weighted by atomic mass is 10.2. The number of fused-ring (bicyclic) bond motifs is 1. The molecular formula is C18H21N5O3. The van der Waals surface area contributed by atoms with Gasteiger partial charge in [-0.25, -0.2) is 14.8 Å². The quantitative estimate of drug-likeness (QED) is 0.888. The van der Waals surface area contributed by atoms with Crippen molar-refractivity contribution in [3.8, 4) is 0 Å². The summed E-state index contributed by atoms with van der Waals surface area (Å²) < 4.78 is 5.38. The molecule has 3 rings (SSSR count). The average molecular weight is 355 g/mol. The van der Waals surface area contributed by atoms with Crippen LogP contribution in [0.5, 0.6) is 0 Å². The van der Waals surface area contributed by atoms with Crippen molar-refractivity contribution in [2.45, 2.75) is 32.8 Å². The van der Waals surface area contributed by atoms with E-state index in [9.17, 15) is 9.59 Å². The number of benzene rings is 1. The average Bonchev–Trinajstić information content (AvgIpc) is 2.90. The summed E-state index contributed by atoms with van der Waals surface area (Å²) >= 11 is 0. The number of hydrogen-bond donors (Lipinski definition) is 1. The van der Waals surface area contributed by atoms with Crippen molar-refractivity contribution in [3.63, 3.8) is 0 Å². The van der Waals surface area contributed by atoms with Crippen molar-refractivity contribution in [2.75, 3.05) is 22.6 Å². The fraction of sp³-hybridized carbons (Fsp3) is 0.333. The largest absolute Gasteiger partial charge is 0.443 e. The van der Waals surface area contributed by atoms with Crippen LogP contribution in [0.4, 0.5) is 27.8 Å². The summed E-state index contributed by atoms with van der Waals surface area (Å²) in [5.41, 5.74) is 7.06. The van der Waals surface area contributed by atoms with Crippen LogP contribution < -0.4 is 15.5 Å². The first-order chi connectivity index (χ1) is 12.2. The summed E-state index contributed by atoms with van der Waals surface area (Å²) in [6.45, 7) is 5.41. The molecule has 0 bridgehead atoms. The van der Waals surface area contributed by atoms with E-state index in [0.29, 0.717) is 28.6 Å². The fourth-order valence-corrected chi connectivity index (χ4v) is 2.67. The molecule has 0 fully saturated rings. The lowest BCUT2D eigenvalue weighted by Gasteiger charge is -2.25. The van der Waals surface area contributed by atoms with E-state index < -0.39 is 11.7 Å². The highest BCUT2D eigenvalue weighted by molar-refractivity contribution is 6.07. The number of rotatable bonds is 2. The van der Waals surface area contributed by atoms with Crippen molar-refractivity contribution in [3.05, 3.63) is 36.2 Å². The Morgan fingerprint density at radius 1 is 1.31 bits per heavy atom. The zero-order valence-corrected chi connectivity index (χ0v) is 15.2. The second-order valence-electron chi connectivity index (χ2n) is 7.03. The van der Waals surface area contributed by atoms with Crippen LogP contribution >= 0.6 is 0 Å². The van der Waals surface area contributed by atoms with Crippen LogP contribution in [0.3, 0.4) is 0 Å². The predicted octanol–water partition coefficient (Wildman–Crippen LogP) is 2.65. The Morgan fingerprint density at radius 2 is 2.04 bits per heavy atom. The number of nitrogens with two attached hydrogens (primary N) is 1. The van der Waals surface area contributed by atoms with Crippen LogP contribution in [0.2, 0.25) is 0 Å². The first-order valence-electron chi connectivity index (χ1n) is 8.16. The summed E-state index contributed by atoms with van der Waals surface area (Å²) in [5, 5.41) is 0. The summed E-state index contributed by atoms with van der Waals surface area (Å²) in [6.07, 6.45) is 0.999. The maximum Gasteiger partial charge on any atom is 0.414 e. The number of nitrogen functional groups attached to an aromatic ring is 1. The molecule has 0 aliphatic carbocycles. The molecule has 2 aromatic rings. The van der Waals surface area contributed by atoms with Crippen LogP contribution in [0.15, 0.2) is 30.6 Å². The van der Waals surface area contributed by atoms with Gasteiger partial charge in [-0.05, 0) is 39.0 Å². The molecule has 0 saturated carbocycles. The van der Waals surface area contributed by atoms with Gasteiger partial charge in [-0.15, -0.1) is 0 Å². The van der Waals surface area contributed by atoms with Crippen LogP contribution in [0, 0.1) is 0 Å². The molecule has 2 heterocycles. The molecule has 1 aliphatic heterocycles. The molecule has 0 spiro atoms. The van der Waals surface area contributed by atoms with Gasteiger partial charge in [0.1, 0.15) is 23.6 Å². The number of ether oxygens (including phenoxy) is 1. The number of anilines is 4. The van der Waals surface area contributed by atoms with Gasteiger partial charge in [0.05, 0.1) is 12.1 Å². The maximum absolute atomic E-state index is 12.5. The minimum absolute atomic E-state index is 0.147. The molecule has 8 heteroatoms. The second-order valence-corrected chi connectivity index (χ2v) is 7.03. The summed E-state index contributed by atoms with van der Waals surface area (Å²) in [4.78, 5) is 35.8. The summed E-state index contributed by atoms with van der Waals surface area (Å²) in [7, 11) is 1.62. The van der Waals surface area contributed by atoms with E-state index in [1.807, 2.05) is 0 Å². The van der Waals surface area contributed by atoms with Crippen molar-refractivity contribution in [2.24, 2.45) is 0 Å². The predicted molar refractivity (Wildman–Crippen MR) is 98.4 cm³/mol. The van der Waals surface area contributed by atoms with Crippen molar-refractivity contribution >= 4 is 35.0 Å². The van der Waals surface area contributed by atoms with E-state index in [-0.39, 0.29) is 12.3 Å². The first-order valence-corrected chi connectivity index (χ1v) is 8.16. The molecule has 0 saturated heterocycles. The van der Waals surface area contributed by atoms with E-state index in [4.69, 9.17) is 10.5 Å². The topological polar surface area (TPSA) is 102 Å². The minimum atomic E-state index is -0.596. The van der Waals surface area contributed by atoms with E-state index in [1.54, 1.807) is 52.1 Å². The van der Waals surface area contributed by atoms with Gasteiger partial charge in [0.25, 0.3) is 0 Å². The Labute approximate surface area is 151 Å². The van der Waals surface area contributed by atoms with Gasteiger partial charge >= 0.3 is 6.09 Å². The lowest BCUT2D eigenvalue weighted by Crippen LogP contribution is -2.34. The molecule has 1 aliphatic rings. The van der Waals surface area contributed by atoms with Crippen LogP contribution in [-0.2, 0) is 16.0 Å². The molecule has 0 unspecified atom stereocenters. The van der Waals surface area contributed by atoms with E-state index in [1.165, 1.54) is 16.1 Å². The van der Waals surface area contributed by atoms with Crippen LogP contribution in [-0.4, -0.2) is 34.6 Å². The van der Waals surface area contributed by atoms with Gasteiger partial charge in [0, 0.05) is 18.3 Å². The Balaban J connectivity index is 1.93. The molecule has 2 N–H and O–H groups in total. The highest BCUT2D eigenvalue weighted by Gasteiger charge is 2.32. The number of carbonyl (C=O) groups is 2. The van der Waals surface area contributed by atoms with Gasteiger partial charge in [-0.3, -0.25) is 14.6 Å². The van der Waals surface area contributed by atoms with E-state index in [2.05, 4.69) is 9.97 Å². The normalized spacial score (nSPS) is 13.5. The van der Waals surface area contributed by atoms with Gasteiger partial charge in [-0.1, -0.05) is 6.07 Å². The molecule has 136 valence electrons. The van der Waals surface area contributed by atoms with E-state index >= 15 is 0 Å². The second kappa shape index (κ2) is 6.29. The molecule has 0 atom stereocenters. The van der Waals surface area contributed by atoms with Crippen molar-refractivity contribution in [1.82, 2.24) is 9.97 Å². The minimum Gasteiger partial charge on any atom is -0.443 e. The molecule has 26 heavy (non-hydrogen) atoms. The molecule has 1 aromatic heterocycles. The number of nitrogens with zero attached hydrogens (tertiary/aromatic N) is 4. The Bertz CT molecular complexity index is 875.